The third-order valence-electron chi connectivity index (χ3n) is 3.93. The zero-order chi connectivity index (χ0) is 14.5. The van der Waals surface area contributed by atoms with Crippen molar-refractivity contribution in [3.05, 3.63) is 34.1 Å². The van der Waals surface area contributed by atoms with Crippen molar-refractivity contribution in [1.29, 1.82) is 0 Å². The van der Waals surface area contributed by atoms with Crippen molar-refractivity contribution in [2.75, 3.05) is 26.2 Å². The molecule has 0 aromatic heterocycles. The minimum absolute atomic E-state index is 0.145. The molecule has 0 unspecified atom stereocenters. The Labute approximate surface area is 129 Å². The molecule has 1 saturated heterocycles. The zero-order valence-electron chi connectivity index (χ0n) is 12.3. The van der Waals surface area contributed by atoms with Crippen LogP contribution in [0.2, 0.25) is 0 Å². The van der Waals surface area contributed by atoms with Crippen molar-refractivity contribution in [2.45, 2.75) is 32.7 Å². The second kappa shape index (κ2) is 7.53. The molecule has 1 fully saturated rings. The van der Waals surface area contributed by atoms with Gasteiger partial charge in [0.15, 0.2) is 0 Å². The summed E-state index contributed by atoms with van der Waals surface area (Å²) in [5.41, 5.74) is 1.09. The molecule has 0 radical (unpaired) electrons. The van der Waals surface area contributed by atoms with Crippen LogP contribution in [0.3, 0.4) is 0 Å². The van der Waals surface area contributed by atoms with Crippen molar-refractivity contribution in [2.24, 2.45) is 5.92 Å². The average Bonchev–Trinajstić information content (AvgIpc) is 2.43. The van der Waals surface area contributed by atoms with Crippen molar-refractivity contribution in [3.63, 3.8) is 0 Å². The van der Waals surface area contributed by atoms with Crippen LogP contribution in [0.15, 0.2) is 22.7 Å². The summed E-state index contributed by atoms with van der Waals surface area (Å²) in [6.45, 7) is 8.60. The van der Waals surface area contributed by atoms with Gasteiger partial charge in [0.2, 0.25) is 0 Å². The van der Waals surface area contributed by atoms with E-state index in [1.165, 1.54) is 6.07 Å². The fourth-order valence-corrected chi connectivity index (χ4v) is 3.30. The zero-order valence-corrected chi connectivity index (χ0v) is 13.9. The molecule has 112 valence electrons. The Morgan fingerprint density at radius 1 is 1.25 bits per heavy atom. The third-order valence-corrected chi connectivity index (χ3v) is 4.65. The highest BCUT2D eigenvalue weighted by atomic mass is 79.9. The van der Waals surface area contributed by atoms with E-state index < -0.39 is 0 Å². The molecule has 20 heavy (non-hydrogen) atoms. The molecule has 1 atom stereocenters. The number of nitrogens with one attached hydrogen (secondary N) is 1. The molecule has 0 amide bonds. The lowest BCUT2D eigenvalue weighted by Gasteiger charge is -2.36. The first kappa shape index (κ1) is 15.9. The lowest BCUT2D eigenvalue weighted by molar-refractivity contribution is 0.159. The quantitative estimate of drug-likeness (QED) is 0.870. The van der Waals surface area contributed by atoms with Crippen LogP contribution in [0, 0.1) is 11.7 Å². The molecule has 4 heteroatoms. The molecule has 2 rings (SSSR count). The van der Waals surface area contributed by atoms with Gasteiger partial charge >= 0.3 is 0 Å². The Bertz CT molecular complexity index is 430. The lowest BCUT2D eigenvalue weighted by atomic mass is 9.95. The van der Waals surface area contributed by atoms with Crippen LogP contribution in [0.1, 0.15) is 38.3 Å². The van der Waals surface area contributed by atoms with E-state index in [0.717, 1.165) is 49.1 Å². The number of halogens is 2. The van der Waals surface area contributed by atoms with Crippen molar-refractivity contribution < 1.29 is 4.39 Å². The fourth-order valence-electron chi connectivity index (χ4n) is 2.79. The third kappa shape index (κ3) is 4.27. The Kier molecular flexibility index (Phi) is 6.00. The Hall–Kier alpha value is -0.450. The van der Waals surface area contributed by atoms with Gasteiger partial charge in [-0.3, -0.25) is 4.90 Å². The minimum atomic E-state index is -0.145. The number of rotatable bonds is 5. The number of hydrogen-bond donors (Lipinski definition) is 1. The highest BCUT2D eigenvalue weighted by Crippen LogP contribution is 2.33. The van der Waals surface area contributed by atoms with Crippen molar-refractivity contribution in [3.8, 4) is 0 Å². The van der Waals surface area contributed by atoms with E-state index in [4.69, 9.17) is 0 Å². The molecule has 0 saturated carbocycles. The lowest BCUT2D eigenvalue weighted by Crippen LogP contribution is -2.45. The Morgan fingerprint density at radius 3 is 2.60 bits per heavy atom. The summed E-state index contributed by atoms with van der Waals surface area (Å²) in [6.07, 6.45) is 2.25. The van der Waals surface area contributed by atoms with E-state index in [0.29, 0.717) is 12.0 Å². The molecule has 0 aliphatic carbocycles. The normalized spacial score (nSPS) is 18.4. The summed E-state index contributed by atoms with van der Waals surface area (Å²) >= 11 is 3.60. The molecule has 1 aliphatic heterocycles. The van der Waals surface area contributed by atoms with Crippen LogP contribution in [-0.4, -0.2) is 31.1 Å². The van der Waals surface area contributed by atoms with Crippen molar-refractivity contribution in [1.82, 2.24) is 10.2 Å². The van der Waals surface area contributed by atoms with Crippen molar-refractivity contribution >= 4 is 15.9 Å². The van der Waals surface area contributed by atoms with Gasteiger partial charge in [-0.1, -0.05) is 29.8 Å². The summed E-state index contributed by atoms with van der Waals surface area (Å²) in [4.78, 5) is 2.48. The van der Waals surface area contributed by atoms with E-state index in [-0.39, 0.29) is 5.82 Å². The smallest absolute Gasteiger partial charge is 0.123 e. The number of nitrogens with zero attached hydrogens (tertiary/aromatic N) is 1. The summed E-state index contributed by atoms with van der Waals surface area (Å²) in [5.74, 6) is 0.528. The summed E-state index contributed by atoms with van der Waals surface area (Å²) in [6, 6.07) is 5.35. The first-order valence-corrected chi connectivity index (χ1v) is 8.27. The maximum Gasteiger partial charge on any atom is 0.123 e. The van der Waals surface area contributed by atoms with Crippen LogP contribution in [0.4, 0.5) is 4.39 Å². The molecule has 1 aromatic carbocycles. The number of benzene rings is 1. The first-order chi connectivity index (χ1) is 9.58. The monoisotopic (exact) mass is 342 g/mol. The van der Waals surface area contributed by atoms with Gasteiger partial charge in [-0.25, -0.2) is 4.39 Å². The van der Waals surface area contributed by atoms with E-state index in [2.05, 4.69) is 40.0 Å². The fraction of sp³-hybridized carbons (Fsp3) is 0.625. The van der Waals surface area contributed by atoms with Crippen LogP contribution in [0.25, 0.3) is 0 Å². The molecule has 0 spiro atoms. The second-order valence-corrected chi connectivity index (χ2v) is 6.79. The topological polar surface area (TPSA) is 15.3 Å². The molecular weight excluding hydrogens is 319 g/mol. The predicted molar refractivity (Wildman–Crippen MR) is 85.4 cm³/mol. The van der Waals surface area contributed by atoms with Gasteiger partial charge in [0.25, 0.3) is 0 Å². The van der Waals surface area contributed by atoms with Gasteiger partial charge in [-0.15, -0.1) is 0 Å². The maximum absolute atomic E-state index is 13.6. The maximum atomic E-state index is 13.6. The highest BCUT2D eigenvalue weighted by Gasteiger charge is 2.24. The van der Waals surface area contributed by atoms with E-state index in [9.17, 15) is 4.39 Å². The summed E-state index contributed by atoms with van der Waals surface area (Å²) in [7, 11) is 0. The van der Waals surface area contributed by atoms with Gasteiger partial charge in [0.05, 0.1) is 0 Å². The minimum Gasteiger partial charge on any atom is -0.314 e. The summed E-state index contributed by atoms with van der Waals surface area (Å²) < 4.78 is 14.6. The number of hydrogen-bond acceptors (Lipinski definition) is 2. The highest BCUT2D eigenvalue weighted by molar-refractivity contribution is 9.10. The Morgan fingerprint density at radius 2 is 1.95 bits per heavy atom. The van der Waals surface area contributed by atoms with Crippen LogP contribution < -0.4 is 5.32 Å². The Balaban J connectivity index is 2.21. The van der Waals surface area contributed by atoms with Crippen LogP contribution >= 0.6 is 15.9 Å². The predicted octanol–water partition coefficient (Wildman–Crippen LogP) is 3.97. The van der Waals surface area contributed by atoms with Gasteiger partial charge in [0, 0.05) is 36.7 Å². The average molecular weight is 343 g/mol. The number of piperazine rings is 1. The standard InChI is InChI=1S/C16H24BrFN2/c1-12(2)3-6-16(20-9-7-19-8-10-20)14-11-13(18)4-5-15(14)17/h4-5,11-12,16,19H,3,6-10H2,1-2H3/t16-/m0/s1. The molecule has 0 bridgehead atoms. The largest absolute Gasteiger partial charge is 0.314 e. The molecule has 1 aliphatic rings. The SMILES string of the molecule is CC(C)CC[C@@H](c1cc(F)ccc1Br)N1CCNCC1. The summed E-state index contributed by atoms with van der Waals surface area (Å²) in [5, 5.41) is 3.38. The molecule has 2 nitrogen and oxygen atoms in total. The van der Waals surface area contributed by atoms with Crippen LogP contribution in [0.5, 0.6) is 0 Å². The van der Waals surface area contributed by atoms with E-state index in [1.54, 1.807) is 6.07 Å². The van der Waals surface area contributed by atoms with Gasteiger partial charge in [0.1, 0.15) is 5.82 Å². The molecule has 1 heterocycles. The first-order valence-electron chi connectivity index (χ1n) is 7.47. The van der Waals surface area contributed by atoms with E-state index >= 15 is 0 Å². The van der Waals surface area contributed by atoms with Gasteiger partial charge < -0.3 is 5.32 Å². The van der Waals surface area contributed by atoms with E-state index in [1.807, 2.05) is 6.07 Å². The molecule has 1 N–H and O–H groups in total. The van der Waals surface area contributed by atoms with Gasteiger partial charge in [-0.05, 0) is 42.5 Å². The van der Waals surface area contributed by atoms with Gasteiger partial charge in [-0.2, -0.15) is 0 Å². The van der Waals surface area contributed by atoms with Crippen LogP contribution in [-0.2, 0) is 0 Å². The molecule has 1 aromatic rings. The second-order valence-electron chi connectivity index (χ2n) is 5.94. The molecular formula is C16H24BrFN2.